The molecule has 6 rings (SSSR count). The first-order valence-electron chi connectivity index (χ1n) is 15.6. The molecule has 3 fully saturated rings. The normalized spacial score (nSPS) is 26.2. The van der Waals surface area contributed by atoms with E-state index in [4.69, 9.17) is 14.5 Å². The van der Waals surface area contributed by atoms with Crippen LogP contribution in [0.4, 0.5) is 14.7 Å². The summed E-state index contributed by atoms with van der Waals surface area (Å²) in [6.07, 6.45) is 3.24. The van der Waals surface area contributed by atoms with E-state index in [0.29, 0.717) is 49.2 Å². The Balaban J connectivity index is 1.11. The summed E-state index contributed by atoms with van der Waals surface area (Å²) in [6, 6.07) is 8.92. The van der Waals surface area contributed by atoms with Gasteiger partial charge in [-0.05, 0) is 70.4 Å². The Hall–Kier alpha value is -3.42. The first kappa shape index (κ1) is 30.6. The van der Waals surface area contributed by atoms with Crippen LogP contribution < -0.4 is 20.3 Å². The van der Waals surface area contributed by atoms with E-state index < -0.39 is 12.0 Å². The number of imidazole rings is 1. The molecule has 0 radical (unpaired) electrons. The van der Waals surface area contributed by atoms with Gasteiger partial charge in [-0.3, -0.25) is 9.36 Å². The van der Waals surface area contributed by atoms with Gasteiger partial charge in [-0.2, -0.15) is 9.97 Å². The number of carbonyl (C=O) groups excluding carboxylic acids is 1. The molecule has 1 aromatic carbocycles. The summed E-state index contributed by atoms with van der Waals surface area (Å²) >= 11 is 0. The van der Waals surface area contributed by atoms with Crippen molar-refractivity contribution in [2.24, 2.45) is 0 Å². The number of ether oxygens (including phenoxy) is 2. The fraction of sp³-hybridized carbons (Fsp3) is 0.613. The molecule has 3 N–H and O–H groups in total. The number of hydrogen-bond acceptors (Lipinski definition) is 9. The van der Waals surface area contributed by atoms with Crippen molar-refractivity contribution in [1.82, 2.24) is 30.2 Å². The summed E-state index contributed by atoms with van der Waals surface area (Å²) < 4.78 is 41.5. The van der Waals surface area contributed by atoms with Crippen LogP contribution in [0.15, 0.2) is 30.3 Å². The van der Waals surface area contributed by atoms with Crippen molar-refractivity contribution in [3.8, 4) is 11.7 Å². The van der Waals surface area contributed by atoms with Gasteiger partial charge in [-0.1, -0.05) is 12.1 Å². The summed E-state index contributed by atoms with van der Waals surface area (Å²) in [5.74, 6) is 0.580. The second-order valence-corrected chi connectivity index (χ2v) is 12.4. The number of rotatable bonds is 9. The maximum atomic E-state index is 14.1. The SMILES string of the molecule is C[C@]1(O)CC[C@H](NCC(=O)N[C@H]2CC[C@H](Oc3cc(-n4c(C(F)F)nc5ccccc54)nc(N4CCOCC4)n3)CC2)CC1. The molecule has 0 spiro atoms. The second kappa shape index (κ2) is 13.3. The van der Waals surface area contributed by atoms with Gasteiger partial charge in [-0.15, -0.1) is 0 Å². The molecule has 13 heteroatoms. The van der Waals surface area contributed by atoms with Crippen LogP contribution in [0, 0.1) is 0 Å². The summed E-state index contributed by atoms with van der Waals surface area (Å²) in [5, 5.41) is 16.6. The number of benzene rings is 1. The number of aliphatic hydroxyl groups is 1. The number of fused-ring (bicyclic) bond motifs is 1. The number of nitrogens with one attached hydrogen (secondary N) is 2. The fourth-order valence-corrected chi connectivity index (χ4v) is 6.37. The van der Waals surface area contributed by atoms with Crippen LogP contribution in [0.25, 0.3) is 16.9 Å². The van der Waals surface area contributed by atoms with Crippen molar-refractivity contribution >= 4 is 22.9 Å². The molecule has 3 aromatic rings. The van der Waals surface area contributed by atoms with Crippen LogP contribution in [-0.2, 0) is 9.53 Å². The average molecular weight is 614 g/mol. The van der Waals surface area contributed by atoms with Gasteiger partial charge >= 0.3 is 0 Å². The standard InChI is InChI=1S/C31H41F2N7O4/c1-31(42)12-10-20(11-13-31)34-19-26(41)35-21-6-8-22(9-7-21)44-27-18-25(37-30(38-27)39-14-16-43-17-15-39)40-24-5-3-2-4-23(24)36-29(40)28(32)33/h2-5,18,20-22,28,34,42H,6-17,19H2,1H3,(H,35,41)/t20-,21-,22-,31-. The van der Waals surface area contributed by atoms with E-state index in [1.165, 1.54) is 4.57 Å². The maximum Gasteiger partial charge on any atom is 0.296 e. The highest BCUT2D eigenvalue weighted by Gasteiger charge is 2.30. The number of carbonyl (C=O) groups is 1. The minimum atomic E-state index is -2.80. The molecule has 44 heavy (non-hydrogen) atoms. The lowest BCUT2D eigenvalue weighted by Gasteiger charge is -2.33. The molecule has 2 aromatic heterocycles. The van der Waals surface area contributed by atoms with Gasteiger partial charge < -0.3 is 30.1 Å². The Labute approximate surface area is 255 Å². The van der Waals surface area contributed by atoms with E-state index in [2.05, 4.69) is 20.6 Å². The monoisotopic (exact) mass is 613 g/mol. The van der Waals surface area contributed by atoms with Crippen molar-refractivity contribution in [1.29, 1.82) is 0 Å². The lowest BCUT2D eigenvalue weighted by molar-refractivity contribution is -0.121. The summed E-state index contributed by atoms with van der Waals surface area (Å²) in [4.78, 5) is 28.1. The highest BCUT2D eigenvalue weighted by atomic mass is 19.3. The minimum Gasteiger partial charge on any atom is -0.474 e. The molecular formula is C31H41F2N7O4. The molecule has 3 heterocycles. The summed E-state index contributed by atoms with van der Waals surface area (Å²) in [5.41, 5.74) is 0.391. The number of morpholine rings is 1. The zero-order valence-corrected chi connectivity index (χ0v) is 25.1. The van der Waals surface area contributed by atoms with E-state index >= 15 is 0 Å². The minimum absolute atomic E-state index is 0.0234. The quantitative estimate of drug-likeness (QED) is 0.331. The van der Waals surface area contributed by atoms with Gasteiger partial charge in [0, 0.05) is 31.2 Å². The molecule has 0 bridgehead atoms. The van der Waals surface area contributed by atoms with Crippen LogP contribution >= 0.6 is 0 Å². The predicted molar refractivity (Wildman–Crippen MR) is 160 cm³/mol. The first-order chi connectivity index (χ1) is 21.2. The summed E-state index contributed by atoms with van der Waals surface area (Å²) in [7, 11) is 0. The third-order valence-corrected chi connectivity index (χ3v) is 8.92. The van der Waals surface area contributed by atoms with Crippen molar-refractivity contribution < 1.29 is 28.2 Å². The average Bonchev–Trinajstić information content (AvgIpc) is 3.42. The number of halogens is 2. The zero-order chi connectivity index (χ0) is 30.7. The third kappa shape index (κ3) is 7.27. The largest absolute Gasteiger partial charge is 0.474 e. The smallest absolute Gasteiger partial charge is 0.296 e. The van der Waals surface area contributed by atoms with Crippen LogP contribution in [0.5, 0.6) is 5.88 Å². The molecule has 1 aliphatic heterocycles. The van der Waals surface area contributed by atoms with Crippen LogP contribution in [0.1, 0.15) is 70.5 Å². The van der Waals surface area contributed by atoms with Crippen molar-refractivity contribution in [2.45, 2.75) is 88.5 Å². The number of anilines is 1. The van der Waals surface area contributed by atoms with Crippen LogP contribution in [0.2, 0.25) is 0 Å². The lowest BCUT2D eigenvalue weighted by Crippen LogP contribution is -2.47. The van der Waals surface area contributed by atoms with E-state index in [0.717, 1.165) is 51.4 Å². The number of para-hydroxylation sites is 2. The Bertz CT molecular complexity index is 1430. The molecule has 11 nitrogen and oxygen atoms in total. The number of nitrogens with zero attached hydrogens (tertiary/aromatic N) is 5. The Morgan fingerprint density at radius 1 is 1.07 bits per heavy atom. The van der Waals surface area contributed by atoms with Crippen molar-refractivity contribution in [2.75, 3.05) is 37.7 Å². The van der Waals surface area contributed by atoms with Crippen LogP contribution in [-0.4, -0.2) is 87.2 Å². The van der Waals surface area contributed by atoms with E-state index in [-0.39, 0.29) is 42.3 Å². The lowest BCUT2D eigenvalue weighted by atomic mass is 9.84. The van der Waals surface area contributed by atoms with Gasteiger partial charge in [-0.25, -0.2) is 13.8 Å². The zero-order valence-electron chi connectivity index (χ0n) is 25.1. The molecule has 1 amide bonds. The molecule has 2 aliphatic carbocycles. The molecule has 2 saturated carbocycles. The second-order valence-electron chi connectivity index (χ2n) is 12.4. The van der Waals surface area contributed by atoms with E-state index in [9.17, 15) is 18.7 Å². The van der Waals surface area contributed by atoms with Gasteiger partial charge in [0.25, 0.3) is 6.43 Å². The topological polar surface area (TPSA) is 127 Å². The molecule has 0 unspecified atom stereocenters. The van der Waals surface area contributed by atoms with Crippen molar-refractivity contribution in [3.63, 3.8) is 0 Å². The summed E-state index contributed by atoms with van der Waals surface area (Å²) in [6.45, 7) is 4.34. The number of alkyl halides is 2. The maximum absolute atomic E-state index is 14.1. The van der Waals surface area contributed by atoms with Gasteiger partial charge in [0.1, 0.15) is 11.9 Å². The molecule has 238 valence electrons. The Kier molecular flexibility index (Phi) is 9.24. The van der Waals surface area contributed by atoms with Crippen molar-refractivity contribution in [3.05, 3.63) is 36.2 Å². The first-order valence-corrected chi connectivity index (χ1v) is 15.6. The number of amides is 1. The fourth-order valence-electron chi connectivity index (χ4n) is 6.37. The molecular weight excluding hydrogens is 572 g/mol. The predicted octanol–water partition coefficient (Wildman–Crippen LogP) is 3.68. The van der Waals surface area contributed by atoms with Gasteiger partial charge in [0.2, 0.25) is 17.7 Å². The Morgan fingerprint density at radius 2 is 1.80 bits per heavy atom. The van der Waals surface area contributed by atoms with Gasteiger partial charge in [0.15, 0.2) is 5.82 Å². The van der Waals surface area contributed by atoms with E-state index in [1.807, 2.05) is 11.8 Å². The van der Waals surface area contributed by atoms with E-state index in [1.54, 1.807) is 30.3 Å². The van der Waals surface area contributed by atoms with Gasteiger partial charge in [0.05, 0.1) is 36.4 Å². The highest BCUT2D eigenvalue weighted by Crippen LogP contribution is 2.31. The number of aromatic nitrogens is 4. The highest BCUT2D eigenvalue weighted by molar-refractivity contribution is 5.78. The molecule has 0 atom stereocenters. The third-order valence-electron chi connectivity index (χ3n) is 8.92. The Morgan fingerprint density at radius 3 is 2.52 bits per heavy atom. The number of hydrogen-bond donors (Lipinski definition) is 3. The molecule has 1 saturated heterocycles. The molecule has 3 aliphatic rings. The van der Waals surface area contributed by atoms with Crippen LogP contribution in [0.3, 0.4) is 0 Å².